The van der Waals surface area contributed by atoms with Crippen molar-refractivity contribution in [3.05, 3.63) is 126 Å². The summed E-state index contributed by atoms with van der Waals surface area (Å²) in [4.78, 5) is 32.0. The number of rotatable bonds is 3. The van der Waals surface area contributed by atoms with Crippen molar-refractivity contribution in [3.63, 3.8) is 0 Å². The third-order valence-electron chi connectivity index (χ3n) is 7.69. The Labute approximate surface area is 228 Å². The van der Waals surface area contributed by atoms with Crippen LogP contribution in [0, 0.1) is 0 Å². The monoisotopic (exact) mass is 519 g/mol. The van der Waals surface area contributed by atoms with E-state index in [2.05, 4.69) is 0 Å². The largest absolute Gasteiger partial charge is 0.453 e. The van der Waals surface area contributed by atoms with E-state index in [0.29, 0.717) is 34.1 Å². The molecular formula is C34H21N3O3. The number of benzene rings is 4. The molecular weight excluding hydrogens is 498 g/mol. The fourth-order valence-electron chi connectivity index (χ4n) is 5.70. The molecule has 0 aliphatic heterocycles. The number of ketones is 2. The van der Waals surface area contributed by atoms with E-state index in [1.54, 1.807) is 6.08 Å². The minimum Gasteiger partial charge on any atom is -0.453 e. The number of fused-ring (bicyclic) bond motifs is 4. The van der Waals surface area contributed by atoms with Gasteiger partial charge in [0, 0.05) is 29.2 Å². The number of carbonyl (C=O) groups is 2. The van der Waals surface area contributed by atoms with Crippen molar-refractivity contribution in [1.82, 2.24) is 14.1 Å². The van der Waals surface area contributed by atoms with Crippen molar-refractivity contribution < 1.29 is 14.0 Å². The van der Waals surface area contributed by atoms with E-state index in [9.17, 15) is 9.59 Å². The lowest BCUT2D eigenvalue weighted by Crippen LogP contribution is -2.03. The van der Waals surface area contributed by atoms with Gasteiger partial charge in [-0.1, -0.05) is 60.7 Å². The summed E-state index contributed by atoms with van der Waals surface area (Å²) >= 11 is 0. The maximum absolute atomic E-state index is 13.5. The van der Waals surface area contributed by atoms with Crippen LogP contribution >= 0.6 is 0 Å². The number of aryl methyl sites for hydroxylation is 1. The zero-order valence-corrected chi connectivity index (χ0v) is 21.5. The smallest absolute Gasteiger partial charge is 0.197 e. The number of furan rings is 1. The van der Waals surface area contributed by atoms with E-state index < -0.39 is 0 Å². The molecule has 40 heavy (non-hydrogen) atoms. The summed E-state index contributed by atoms with van der Waals surface area (Å²) in [5.74, 6) is 0.846. The number of hydrogen-bond acceptors (Lipinski definition) is 4. The quantitative estimate of drug-likeness (QED) is 0.180. The lowest BCUT2D eigenvalue weighted by atomic mass is 10.0. The van der Waals surface area contributed by atoms with Crippen LogP contribution in [-0.2, 0) is 7.05 Å². The van der Waals surface area contributed by atoms with Crippen LogP contribution in [0.15, 0.2) is 113 Å². The number of para-hydroxylation sites is 2. The molecule has 0 saturated carbocycles. The Kier molecular flexibility index (Phi) is 4.64. The summed E-state index contributed by atoms with van der Waals surface area (Å²) in [6.07, 6.45) is 1.70. The fourth-order valence-corrected chi connectivity index (χ4v) is 5.70. The van der Waals surface area contributed by atoms with Gasteiger partial charge in [0.25, 0.3) is 0 Å². The molecule has 6 nitrogen and oxygen atoms in total. The highest BCUT2D eigenvalue weighted by molar-refractivity contribution is 6.42. The Bertz CT molecular complexity index is 2120. The Hall–Kier alpha value is -5.49. The zero-order valence-electron chi connectivity index (χ0n) is 21.5. The lowest BCUT2D eigenvalue weighted by Gasteiger charge is -2.07. The summed E-state index contributed by atoms with van der Waals surface area (Å²) in [6, 6.07) is 33.0. The molecule has 0 bridgehead atoms. The molecule has 0 amide bonds. The average molecular weight is 520 g/mol. The molecule has 1 aliphatic rings. The lowest BCUT2D eigenvalue weighted by molar-refractivity contribution is 0.0990. The van der Waals surface area contributed by atoms with Gasteiger partial charge in [-0.2, -0.15) is 0 Å². The Morgan fingerprint density at radius 3 is 2.02 bits per heavy atom. The predicted octanol–water partition coefficient (Wildman–Crippen LogP) is 7.39. The minimum atomic E-state index is -0.258. The standard InChI is InChI=1S/C34H21N3O3/c1-36-28-19-24(18-27-31(38)25-15-20-9-5-6-10-21(20)16-26(25)32(27)39)37(23-12-3-2-4-13-23)33(28)35-34(36)30-17-22-11-7-8-14-29(22)40-30/h2-19H,1H3. The van der Waals surface area contributed by atoms with Gasteiger partial charge in [-0.05, 0) is 59.3 Å². The van der Waals surface area contributed by atoms with Gasteiger partial charge in [0.1, 0.15) is 5.58 Å². The summed E-state index contributed by atoms with van der Waals surface area (Å²) < 4.78 is 10.1. The van der Waals surface area contributed by atoms with Gasteiger partial charge in [-0.25, -0.2) is 4.98 Å². The molecule has 190 valence electrons. The van der Waals surface area contributed by atoms with Crippen LogP contribution in [0.2, 0.25) is 0 Å². The highest BCUT2D eigenvalue weighted by atomic mass is 16.3. The highest BCUT2D eigenvalue weighted by Crippen LogP contribution is 2.35. The third-order valence-corrected chi connectivity index (χ3v) is 7.69. The van der Waals surface area contributed by atoms with Crippen LogP contribution < -0.4 is 0 Å². The summed E-state index contributed by atoms with van der Waals surface area (Å²) in [5.41, 5.74) is 4.98. The van der Waals surface area contributed by atoms with Gasteiger partial charge in [-0.3, -0.25) is 14.2 Å². The Balaban J connectivity index is 1.32. The normalized spacial score (nSPS) is 13.2. The number of carbonyl (C=O) groups excluding carboxylic acids is 2. The zero-order chi connectivity index (χ0) is 27.0. The molecule has 0 atom stereocenters. The van der Waals surface area contributed by atoms with Crippen LogP contribution in [0.5, 0.6) is 0 Å². The number of allylic oxidation sites excluding steroid dienone is 1. The highest BCUT2D eigenvalue weighted by Gasteiger charge is 2.34. The average Bonchev–Trinajstić information content (AvgIpc) is 3.71. The third kappa shape index (κ3) is 3.20. The SMILES string of the molecule is Cn1c(-c2cc3ccccc3o2)nc2c1cc(C=C1C(=O)c3cc4ccccc4cc3C1=O)n2-c1ccccc1. The first-order valence-electron chi connectivity index (χ1n) is 13.0. The number of aromatic nitrogens is 3. The van der Waals surface area contributed by atoms with Gasteiger partial charge in [0.2, 0.25) is 0 Å². The van der Waals surface area contributed by atoms with Crippen molar-refractivity contribution in [2.45, 2.75) is 0 Å². The van der Waals surface area contributed by atoms with E-state index in [1.165, 1.54) is 0 Å². The van der Waals surface area contributed by atoms with Crippen molar-refractivity contribution in [2.75, 3.05) is 0 Å². The molecule has 7 aromatic rings. The topological polar surface area (TPSA) is 70.0 Å². The number of imidazole rings is 1. The molecule has 3 heterocycles. The Morgan fingerprint density at radius 1 is 0.725 bits per heavy atom. The molecule has 0 saturated heterocycles. The number of nitrogens with zero attached hydrogens (tertiary/aromatic N) is 3. The summed E-state index contributed by atoms with van der Waals surface area (Å²) in [5, 5.41) is 2.88. The van der Waals surface area contributed by atoms with Crippen molar-refractivity contribution in [1.29, 1.82) is 0 Å². The van der Waals surface area contributed by atoms with Gasteiger partial charge < -0.3 is 8.98 Å². The maximum atomic E-state index is 13.5. The molecule has 6 heteroatoms. The van der Waals surface area contributed by atoms with E-state index in [4.69, 9.17) is 9.40 Å². The second kappa shape index (κ2) is 8.25. The van der Waals surface area contributed by atoms with Crippen molar-refractivity contribution >= 4 is 50.5 Å². The number of Topliss-reactive ketones (excluding diaryl/α,β-unsaturated/α-hetero) is 2. The van der Waals surface area contributed by atoms with Crippen molar-refractivity contribution in [3.8, 4) is 17.3 Å². The van der Waals surface area contributed by atoms with Crippen LogP contribution in [0.1, 0.15) is 26.4 Å². The Morgan fingerprint density at radius 2 is 1.35 bits per heavy atom. The van der Waals surface area contributed by atoms with E-state index >= 15 is 0 Å². The summed E-state index contributed by atoms with van der Waals surface area (Å²) in [7, 11) is 1.94. The van der Waals surface area contributed by atoms with E-state index in [-0.39, 0.29) is 17.1 Å². The van der Waals surface area contributed by atoms with Crippen LogP contribution in [0.25, 0.3) is 56.3 Å². The second-order valence-electron chi connectivity index (χ2n) is 10.1. The van der Waals surface area contributed by atoms with E-state index in [1.807, 2.05) is 119 Å². The molecule has 0 N–H and O–H groups in total. The minimum absolute atomic E-state index is 0.155. The van der Waals surface area contributed by atoms with Crippen LogP contribution in [0.4, 0.5) is 0 Å². The maximum Gasteiger partial charge on any atom is 0.197 e. The van der Waals surface area contributed by atoms with Gasteiger partial charge in [0.05, 0.1) is 16.8 Å². The van der Waals surface area contributed by atoms with Gasteiger partial charge >= 0.3 is 0 Å². The predicted molar refractivity (Wildman–Crippen MR) is 156 cm³/mol. The molecule has 0 radical (unpaired) electrons. The molecule has 0 spiro atoms. The van der Waals surface area contributed by atoms with Crippen molar-refractivity contribution in [2.24, 2.45) is 7.05 Å². The van der Waals surface area contributed by atoms with E-state index in [0.717, 1.165) is 32.9 Å². The fraction of sp³-hybridized carbons (Fsp3) is 0.0294. The number of hydrogen-bond donors (Lipinski definition) is 0. The first-order chi connectivity index (χ1) is 19.6. The molecule has 8 rings (SSSR count). The molecule has 0 unspecified atom stereocenters. The first-order valence-corrected chi connectivity index (χ1v) is 13.0. The van der Waals surface area contributed by atoms with Crippen LogP contribution in [0.3, 0.4) is 0 Å². The molecule has 1 aliphatic carbocycles. The van der Waals surface area contributed by atoms with Crippen LogP contribution in [-0.4, -0.2) is 25.7 Å². The summed E-state index contributed by atoms with van der Waals surface area (Å²) in [6.45, 7) is 0. The molecule has 0 fully saturated rings. The van der Waals surface area contributed by atoms with Gasteiger partial charge in [-0.15, -0.1) is 0 Å². The molecule has 4 aromatic carbocycles. The second-order valence-corrected chi connectivity index (χ2v) is 10.1. The van der Waals surface area contributed by atoms with Gasteiger partial charge in [0.15, 0.2) is 28.8 Å². The molecule has 3 aromatic heterocycles. The first kappa shape index (κ1) is 22.5.